The van der Waals surface area contributed by atoms with Crippen LogP contribution in [0.15, 0.2) is 66.7 Å². The van der Waals surface area contributed by atoms with Gasteiger partial charge < -0.3 is 15.4 Å². The number of carbonyl (C=O) groups is 2. The molecule has 188 valence electrons. The summed E-state index contributed by atoms with van der Waals surface area (Å²) in [6, 6.07) is 21.0. The SMILES string of the molecule is CC[C@H](Oc1ccc2c(c1)CCCC2)C(=O)Nc1cccc(NC(=O)c2ccc(C(C)(C)C)cc2)c1. The minimum absolute atomic E-state index is 0.0293. The third kappa shape index (κ3) is 6.34. The van der Waals surface area contributed by atoms with Gasteiger partial charge in [-0.3, -0.25) is 9.59 Å². The number of amides is 2. The predicted molar refractivity (Wildman–Crippen MR) is 146 cm³/mol. The number of hydrogen-bond donors (Lipinski definition) is 2. The summed E-state index contributed by atoms with van der Waals surface area (Å²) in [6.07, 6.45) is 4.55. The van der Waals surface area contributed by atoms with E-state index in [1.165, 1.54) is 29.5 Å². The van der Waals surface area contributed by atoms with Gasteiger partial charge in [0.25, 0.3) is 11.8 Å². The zero-order valence-corrected chi connectivity index (χ0v) is 21.7. The molecule has 3 aromatic rings. The summed E-state index contributed by atoms with van der Waals surface area (Å²) < 4.78 is 6.07. The fraction of sp³-hybridized carbons (Fsp3) is 0.355. The summed E-state index contributed by atoms with van der Waals surface area (Å²) in [6.45, 7) is 8.36. The van der Waals surface area contributed by atoms with E-state index in [1.54, 1.807) is 24.3 Å². The Morgan fingerprint density at radius 3 is 2.19 bits per heavy atom. The summed E-state index contributed by atoms with van der Waals surface area (Å²) in [5, 5.41) is 5.86. The molecule has 5 nitrogen and oxygen atoms in total. The highest BCUT2D eigenvalue weighted by Crippen LogP contribution is 2.27. The molecule has 0 aromatic heterocycles. The van der Waals surface area contributed by atoms with Crippen molar-refractivity contribution in [1.29, 1.82) is 0 Å². The van der Waals surface area contributed by atoms with Crippen molar-refractivity contribution in [2.75, 3.05) is 10.6 Å². The summed E-state index contributed by atoms with van der Waals surface area (Å²) in [7, 11) is 0. The van der Waals surface area contributed by atoms with Gasteiger partial charge in [-0.2, -0.15) is 0 Å². The van der Waals surface area contributed by atoms with Crippen molar-refractivity contribution in [2.45, 2.75) is 71.3 Å². The van der Waals surface area contributed by atoms with E-state index in [2.05, 4.69) is 43.5 Å². The second kappa shape index (κ2) is 11.0. The van der Waals surface area contributed by atoms with Crippen LogP contribution in [-0.4, -0.2) is 17.9 Å². The van der Waals surface area contributed by atoms with E-state index in [9.17, 15) is 9.59 Å². The van der Waals surface area contributed by atoms with Gasteiger partial charge in [-0.05, 0) is 96.7 Å². The molecule has 0 spiro atoms. The van der Waals surface area contributed by atoms with E-state index < -0.39 is 6.10 Å². The van der Waals surface area contributed by atoms with Crippen LogP contribution in [0.5, 0.6) is 5.75 Å². The summed E-state index contributed by atoms with van der Waals surface area (Å²) in [4.78, 5) is 25.7. The summed E-state index contributed by atoms with van der Waals surface area (Å²) in [5.74, 6) is 0.328. The van der Waals surface area contributed by atoms with E-state index in [1.807, 2.05) is 37.3 Å². The first-order chi connectivity index (χ1) is 17.2. The molecule has 1 aliphatic carbocycles. The Morgan fingerprint density at radius 2 is 1.53 bits per heavy atom. The minimum Gasteiger partial charge on any atom is -0.481 e. The number of aryl methyl sites for hydroxylation is 2. The molecule has 2 N–H and O–H groups in total. The van der Waals surface area contributed by atoms with Crippen molar-refractivity contribution in [3.05, 3.63) is 89.0 Å². The van der Waals surface area contributed by atoms with Gasteiger partial charge in [-0.15, -0.1) is 0 Å². The van der Waals surface area contributed by atoms with Gasteiger partial charge in [-0.25, -0.2) is 0 Å². The van der Waals surface area contributed by atoms with Crippen LogP contribution in [-0.2, 0) is 23.1 Å². The second-order valence-electron chi connectivity index (χ2n) is 10.5. The number of fused-ring (bicyclic) bond motifs is 1. The molecular formula is C31H36N2O3. The molecule has 0 bridgehead atoms. The number of benzene rings is 3. The molecular weight excluding hydrogens is 448 g/mol. The van der Waals surface area contributed by atoms with E-state index in [0.29, 0.717) is 23.4 Å². The third-order valence-corrected chi connectivity index (χ3v) is 6.66. The zero-order valence-electron chi connectivity index (χ0n) is 21.7. The number of carbonyl (C=O) groups excluding carboxylic acids is 2. The summed E-state index contributed by atoms with van der Waals surface area (Å²) in [5.41, 5.74) is 5.71. The molecule has 0 radical (unpaired) electrons. The lowest BCUT2D eigenvalue weighted by atomic mass is 9.87. The lowest BCUT2D eigenvalue weighted by molar-refractivity contribution is -0.122. The molecule has 1 aliphatic rings. The Balaban J connectivity index is 1.38. The Morgan fingerprint density at radius 1 is 0.861 bits per heavy atom. The lowest BCUT2D eigenvalue weighted by Gasteiger charge is -2.20. The van der Waals surface area contributed by atoms with Crippen molar-refractivity contribution >= 4 is 23.2 Å². The van der Waals surface area contributed by atoms with Gasteiger partial charge >= 0.3 is 0 Å². The van der Waals surface area contributed by atoms with Crippen LogP contribution in [0.4, 0.5) is 11.4 Å². The van der Waals surface area contributed by atoms with Crippen molar-refractivity contribution < 1.29 is 14.3 Å². The van der Waals surface area contributed by atoms with E-state index in [-0.39, 0.29) is 17.2 Å². The quantitative estimate of drug-likeness (QED) is 0.383. The molecule has 0 fully saturated rings. The molecule has 5 heteroatoms. The smallest absolute Gasteiger partial charge is 0.265 e. The van der Waals surface area contributed by atoms with E-state index in [0.717, 1.165) is 18.6 Å². The Labute approximate surface area is 214 Å². The molecule has 2 amide bonds. The number of hydrogen-bond acceptors (Lipinski definition) is 3. The third-order valence-electron chi connectivity index (χ3n) is 6.66. The molecule has 0 saturated heterocycles. The Kier molecular flexibility index (Phi) is 7.78. The van der Waals surface area contributed by atoms with Crippen LogP contribution in [0.2, 0.25) is 0 Å². The maximum atomic E-state index is 13.0. The Hall–Kier alpha value is -3.60. The van der Waals surface area contributed by atoms with Crippen LogP contribution >= 0.6 is 0 Å². The van der Waals surface area contributed by atoms with Gasteiger partial charge in [0.2, 0.25) is 0 Å². The number of ether oxygens (including phenoxy) is 1. The van der Waals surface area contributed by atoms with Gasteiger partial charge in [0.15, 0.2) is 6.10 Å². The van der Waals surface area contributed by atoms with Gasteiger partial charge in [-0.1, -0.05) is 52.0 Å². The normalized spacial score (nSPS) is 13.9. The Bertz CT molecular complexity index is 1230. The van der Waals surface area contributed by atoms with Crippen LogP contribution in [0.25, 0.3) is 0 Å². The summed E-state index contributed by atoms with van der Waals surface area (Å²) >= 11 is 0. The average molecular weight is 485 g/mol. The van der Waals surface area contributed by atoms with Gasteiger partial charge in [0.05, 0.1) is 0 Å². The second-order valence-corrected chi connectivity index (χ2v) is 10.5. The van der Waals surface area contributed by atoms with Crippen LogP contribution in [0, 0.1) is 0 Å². The van der Waals surface area contributed by atoms with Crippen molar-refractivity contribution in [1.82, 2.24) is 0 Å². The highest BCUT2D eigenvalue weighted by molar-refractivity contribution is 6.04. The highest BCUT2D eigenvalue weighted by atomic mass is 16.5. The first kappa shape index (κ1) is 25.5. The van der Waals surface area contributed by atoms with E-state index in [4.69, 9.17) is 4.74 Å². The molecule has 3 aromatic carbocycles. The fourth-order valence-corrected chi connectivity index (χ4v) is 4.49. The number of anilines is 2. The molecule has 0 heterocycles. The van der Waals surface area contributed by atoms with Crippen molar-refractivity contribution in [3.63, 3.8) is 0 Å². The van der Waals surface area contributed by atoms with Gasteiger partial charge in [0.1, 0.15) is 5.75 Å². The molecule has 0 unspecified atom stereocenters. The largest absolute Gasteiger partial charge is 0.481 e. The van der Waals surface area contributed by atoms with Gasteiger partial charge in [0, 0.05) is 16.9 Å². The van der Waals surface area contributed by atoms with Crippen molar-refractivity contribution in [3.8, 4) is 5.75 Å². The topological polar surface area (TPSA) is 67.4 Å². The van der Waals surface area contributed by atoms with E-state index >= 15 is 0 Å². The van der Waals surface area contributed by atoms with Crippen molar-refractivity contribution in [2.24, 2.45) is 0 Å². The first-order valence-electron chi connectivity index (χ1n) is 12.8. The minimum atomic E-state index is -0.605. The molecule has 0 saturated carbocycles. The molecule has 1 atom stereocenters. The maximum Gasteiger partial charge on any atom is 0.265 e. The fourth-order valence-electron chi connectivity index (χ4n) is 4.49. The predicted octanol–water partition coefficient (Wildman–Crippen LogP) is 6.91. The van der Waals surface area contributed by atoms with Crippen LogP contribution in [0.1, 0.15) is 74.0 Å². The van der Waals surface area contributed by atoms with Crippen LogP contribution in [0.3, 0.4) is 0 Å². The lowest BCUT2D eigenvalue weighted by Crippen LogP contribution is -2.32. The highest BCUT2D eigenvalue weighted by Gasteiger charge is 2.20. The molecule has 4 rings (SSSR count). The van der Waals surface area contributed by atoms with Crippen LogP contribution < -0.4 is 15.4 Å². The standard InChI is InChI=1S/C31H36N2O3/c1-5-28(36-27-18-15-21-9-6-7-10-23(21)19-27)30(35)33-26-12-8-11-25(20-26)32-29(34)22-13-16-24(17-14-22)31(2,3)4/h8,11-20,28H,5-7,9-10H2,1-4H3,(H,32,34)(H,33,35)/t28-/m0/s1. The molecule has 36 heavy (non-hydrogen) atoms. The monoisotopic (exact) mass is 484 g/mol. The maximum absolute atomic E-state index is 13.0. The first-order valence-corrected chi connectivity index (χ1v) is 12.8. The average Bonchev–Trinajstić information content (AvgIpc) is 2.87. The number of nitrogens with one attached hydrogen (secondary N) is 2. The number of rotatable bonds is 7. The zero-order chi connectivity index (χ0) is 25.7. The molecule has 0 aliphatic heterocycles.